The van der Waals surface area contributed by atoms with Crippen molar-refractivity contribution < 1.29 is 4.79 Å². The van der Waals surface area contributed by atoms with Gasteiger partial charge in [-0.1, -0.05) is 51.2 Å². The van der Waals surface area contributed by atoms with E-state index in [-0.39, 0.29) is 5.91 Å². The van der Waals surface area contributed by atoms with Gasteiger partial charge in [-0.15, -0.1) is 0 Å². The number of fused-ring (bicyclic) bond motifs is 1. The molecule has 33 heavy (non-hydrogen) atoms. The van der Waals surface area contributed by atoms with Gasteiger partial charge in [-0.05, 0) is 80.6 Å². The Kier molecular flexibility index (Phi) is 8.22. The van der Waals surface area contributed by atoms with Crippen LogP contribution < -0.4 is 5.32 Å². The highest BCUT2D eigenvalue weighted by molar-refractivity contribution is 6.05. The van der Waals surface area contributed by atoms with Crippen LogP contribution in [0.25, 0.3) is 10.9 Å². The number of aryl methyl sites for hydroxylation is 1. The van der Waals surface area contributed by atoms with E-state index in [0.717, 1.165) is 36.6 Å². The molecule has 4 nitrogen and oxygen atoms in total. The molecule has 1 aliphatic rings. The lowest BCUT2D eigenvalue weighted by molar-refractivity contribution is 0.102. The van der Waals surface area contributed by atoms with Crippen molar-refractivity contribution in [2.24, 2.45) is 0 Å². The molecule has 0 bridgehead atoms. The molecule has 1 aliphatic carbocycles. The van der Waals surface area contributed by atoms with Crippen LogP contribution in [0.15, 0.2) is 48.7 Å². The number of amides is 1. The van der Waals surface area contributed by atoms with Crippen LogP contribution in [-0.2, 0) is 12.8 Å². The second-order valence-corrected chi connectivity index (χ2v) is 9.70. The number of nitrogens with one attached hydrogen (secondary N) is 2. The first kappa shape index (κ1) is 23.6. The highest BCUT2D eigenvalue weighted by Crippen LogP contribution is 2.25. The summed E-state index contributed by atoms with van der Waals surface area (Å²) in [6.45, 7) is 3.29. The zero-order valence-electron chi connectivity index (χ0n) is 20.3. The van der Waals surface area contributed by atoms with Gasteiger partial charge in [0.2, 0.25) is 0 Å². The first-order valence-electron chi connectivity index (χ1n) is 12.8. The highest BCUT2D eigenvalue weighted by Gasteiger charge is 2.18. The lowest BCUT2D eigenvalue weighted by Crippen LogP contribution is -2.34. The lowest BCUT2D eigenvalue weighted by atomic mass is 9.94. The van der Waals surface area contributed by atoms with Gasteiger partial charge in [0.25, 0.3) is 5.91 Å². The quantitative estimate of drug-likeness (QED) is 0.331. The van der Waals surface area contributed by atoms with Crippen LogP contribution in [0.2, 0.25) is 0 Å². The molecule has 1 amide bonds. The number of anilines is 1. The molecule has 0 aliphatic heterocycles. The van der Waals surface area contributed by atoms with Gasteiger partial charge in [0.15, 0.2) is 0 Å². The first-order chi connectivity index (χ1) is 16.1. The van der Waals surface area contributed by atoms with Crippen molar-refractivity contribution >= 4 is 22.5 Å². The number of hydrogen-bond acceptors (Lipinski definition) is 2. The lowest BCUT2D eigenvalue weighted by Gasteiger charge is -2.31. The SMILES string of the molecule is CCCCCc1ccc(C(=O)Nc2ccc3[nH]cc(CCN(C)C4CCCCC4)c3c2)cc1. The molecule has 4 heteroatoms. The number of carbonyl (C=O) groups excluding carboxylic acids is 1. The van der Waals surface area contributed by atoms with Crippen LogP contribution in [0.3, 0.4) is 0 Å². The van der Waals surface area contributed by atoms with E-state index in [4.69, 9.17) is 0 Å². The second kappa shape index (κ2) is 11.5. The van der Waals surface area contributed by atoms with Crippen LogP contribution in [0, 0.1) is 0 Å². The van der Waals surface area contributed by atoms with Gasteiger partial charge in [0.05, 0.1) is 0 Å². The molecule has 0 atom stereocenters. The summed E-state index contributed by atoms with van der Waals surface area (Å²) in [5.74, 6) is -0.0522. The molecule has 176 valence electrons. The van der Waals surface area contributed by atoms with E-state index in [0.29, 0.717) is 5.56 Å². The minimum Gasteiger partial charge on any atom is -0.361 e. The topological polar surface area (TPSA) is 48.1 Å². The number of nitrogens with zero attached hydrogens (tertiary/aromatic N) is 1. The number of aromatic amines is 1. The minimum absolute atomic E-state index is 0.0522. The van der Waals surface area contributed by atoms with Crippen molar-refractivity contribution in [1.82, 2.24) is 9.88 Å². The average molecular weight is 446 g/mol. The summed E-state index contributed by atoms with van der Waals surface area (Å²) in [6.07, 6.45) is 14.7. The Balaban J connectivity index is 1.37. The van der Waals surface area contributed by atoms with E-state index in [1.807, 2.05) is 18.2 Å². The molecular weight excluding hydrogens is 406 g/mol. The summed E-state index contributed by atoms with van der Waals surface area (Å²) in [7, 11) is 2.27. The fourth-order valence-corrected chi connectivity index (χ4v) is 5.07. The molecule has 0 unspecified atom stereocenters. The number of likely N-dealkylation sites (N-methyl/N-ethyl adjacent to an activating group) is 1. The van der Waals surface area contributed by atoms with Crippen LogP contribution in [-0.4, -0.2) is 35.4 Å². The summed E-state index contributed by atoms with van der Waals surface area (Å²) in [4.78, 5) is 18.7. The van der Waals surface area contributed by atoms with Gasteiger partial charge in [-0.2, -0.15) is 0 Å². The third-order valence-electron chi connectivity index (χ3n) is 7.24. The maximum absolute atomic E-state index is 12.8. The maximum Gasteiger partial charge on any atom is 0.255 e. The number of H-pyrrole nitrogens is 1. The van der Waals surface area contributed by atoms with E-state index in [1.165, 1.54) is 67.9 Å². The molecule has 0 radical (unpaired) electrons. The Morgan fingerprint density at radius 2 is 1.82 bits per heavy atom. The van der Waals surface area contributed by atoms with Crippen LogP contribution >= 0.6 is 0 Å². The zero-order chi connectivity index (χ0) is 23.0. The number of aromatic nitrogens is 1. The third kappa shape index (κ3) is 6.26. The monoisotopic (exact) mass is 445 g/mol. The number of rotatable bonds is 10. The molecule has 1 aromatic heterocycles. The second-order valence-electron chi connectivity index (χ2n) is 9.70. The molecule has 1 fully saturated rings. The summed E-state index contributed by atoms with van der Waals surface area (Å²) >= 11 is 0. The summed E-state index contributed by atoms with van der Waals surface area (Å²) < 4.78 is 0. The van der Waals surface area contributed by atoms with E-state index in [2.05, 4.69) is 59.6 Å². The Labute approximate surface area is 198 Å². The average Bonchev–Trinajstić information content (AvgIpc) is 3.26. The van der Waals surface area contributed by atoms with Gasteiger partial charge in [-0.3, -0.25) is 4.79 Å². The highest BCUT2D eigenvalue weighted by atomic mass is 16.1. The molecule has 1 heterocycles. The van der Waals surface area contributed by atoms with E-state index < -0.39 is 0 Å². The van der Waals surface area contributed by atoms with Crippen LogP contribution in [0.5, 0.6) is 0 Å². The summed E-state index contributed by atoms with van der Waals surface area (Å²) in [5, 5.41) is 4.30. The van der Waals surface area contributed by atoms with Gasteiger partial charge in [0.1, 0.15) is 0 Å². The third-order valence-corrected chi connectivity index (χ3v) is 7.24. The fourth-order valence-electron chi connectivity index (χ4n) is 5.07. The predicted octanol–water partition coefficient (Wildman–Crippen LogP) is 6.96. The maximum atomic E-state index is 12.8. The summed E-state index contributed by atoms with van der Waals surface area (Å²) in [5.41, 5.74) is 5.30. The molecule has 3 aromatic rings. The molecule has 0 saturated heterocycles. The Morgan fingerprint density at radius 1 is 1.03 bits per heavy atom. The van der Waals surface area contributed by atoms with Crippen molar-refractivity contribution in [1.29, 1.82) is 0 Å². The summed E-state index contributed by atoms with van der Waals surface area (Å²) in [6, 6.07) is 14.9. The Bertz CT molecular complexity index is 1030. The van der Waals surface area contributed by atoms with E-state index >= 15 is 0 Å². The standard InChI is InChI=1S/C29H39N3O/c1-3-4-6-9-22-12-14-23(15-13-22)29(33)31-25-16-17-28-27(20-25)24(21-30-28)18-19-32(2)26-10-7-5-8-11-26/h12-17,20-21,26,30H,3-11,18-19H2,1-2H3,(H,31,33). The van der Waals surface area contributed by atoms with Crippen LogP contribution in [0.1, 0.15) is 79.8 Å². The molecule has 1 saturated carbocycles. The van der Waals surface area contributed by atoms with Crippen molar-refractivity contribution in [2.75, 3.05) is 18.9 Å². The Hall–Kier alpha value is -2.59. The molecule has 4 rings (SSSR count). The smallest absolute Gasteiger partial charge is 0.255 e. The number of carbonyl (C=O) groups is 1. The van der Waals surface area contributed by atoms with Gasteiger partial charge < -0.3 is 15.2 Å². The van der Waals surface area contributed by atoms with Crippen molar-refractivity contribution in [3.05, 3.63) is 65.4 Å². The van der Waals surface area contributed by atoms with Gasteiger partial charge in [0, 0.05) is 40.9 Å². The molecule has 2 N–H and O–H groups in total. The van der Waals surface area contributed by atoms with E-state index in [1.54, 1.807) is 0 Å². The van der Waals surface area contributed by atoms with Gasteiger partial charge >= 0.3 is 0 Å². The first-order valence-corrected chi connectivity index (χ1v) is 12.8. The van der Waals surface area contributed by atoms with Gasteiger partial charge in [-0.25, -0.2) is 0 Å². The zero-order valence-corrected chi connectivity index (χ0v) is 20.3. The van der Waals surface area contributed by atoms with Crippen molar-refractivity contribution in [3.63, 3.8) is 0 Å². The normalized spacial score (nSPS) is 14.8. The minimum atomic E-state index is -0.0522. The van der Waals surface area contributed by atoms with E-state index in [9.17, 15) is 4.79 Å². The Morgan fingerprint density at radius 3 is 2.58 bits per heavy atom. The van der Waals surface area contributed by atoms with Crippen molar-refractivity contribution in [3.8, 4) is 0 Å². The molecular formula is C29H39N3O. The molecule has 2 aromatic carbocycles. The number of hydrogen-bond donors (Lipinski definition) is 2. The number of unbranched alkanes of at least 4 members (excludes halogenated alkanes) is 2. The predicted molar refractivity (Wildman–Crippen MR) is 139 cm³/mol. The van der Waals surface area contributed by atoms with Crippen molar-refractivity contribution in [2.45, 2.75) is 77.2 Å². The van der Waals surface area contributed by atoms with Crippen LogP contribution in [0.4, 0.5) is 5.69 Å². The number of benzene rings is 2. The molecule has 0 spiro atoms. The largest absolute Gasteiger partial charge is 0.361 e. The fraction of sp³-hybridized carbons (Fsp3) is 0.483.